The fraction of sp³-hybridized carbons (Fsp3) is 0.250. The number of nitrogens with two attached hydrogens (primary N) is 1. The van der Waals surface area contributed by atoms with Gasteiger partial charge in [0.25, 0.3) is 5.91 Å². The van der Waals surface area contributed by atoms with Crippen molar-refractivity contribution >= 4 is 11.7 Å². The number of nitrogens with zero attached hydrogens (tertiary/aromatic N) is 1. The molecule has 0 saturated heterocycles. The van der Waals surface area contributed by atoms with E-state index in [9.17, 15) is 4.79 Å². The smallest absolute Gasteiger partial charge is 0.256 e. The van der Waals surface area contributed by atoms with Gasteiger partial charge in [0.2, 0.25) is 0 Å². The molecule has 0 radical (unpaired) electrons. The number of rotatable bonds is 5. The van der Waals surface area contributed by atoms with Crippen molar-refractivity contribution in [3.63, 3.8) is 0 Å². The number of benzene rings is 1. The summed E-state index contributed by atoms with van der Waals surface area (Å²) >= 11 is 0. The van der Waals surface area contributed by atoms with Crippen molar-refractivity contribution < 1.29 is 9.53 Å². The molecule has 21 heavy (non-hydrogen) atoms. The molecule has 1 aromatic heterocycles. The zero-order chi connectivity index (χ0) is 15.2. The Kier molecular flexibility index (Phi) is 4.90. The molecule has 110 valence electrons. The van der Waals surface area contributed by atoms with Crippen LogP contribution in [0, 0.1) is 0 Å². The largest absolute Gasteiger partial charge is 0.491 e. The average molecular weight is 285 g/mol. The lowest BCUT2D eigenvalue weighted by Crippen LogP contribution is -2.13. The second-order valence-corrected chi connectivity index (χ2v) is 4.90. The third-order valence-electron chi connectivity index (χ3n) is 2.79. The molecule has 5 heteroatoms. The van der Waals surface area contributed by atoms with Crippen LogP contribution in [-0.2, 0) is 6.54 Å². The van der Waals surface area contributed by atoms with Crippen molar-refractivity contribution in [3.05, 3.63) is 53.7 Å². The van der Waals surface area contributed by atoms with Crippen molar-refractivity contribution in [2.24, 2.45) is 5.73 Å². The van der Waals surface area contributed by atoms with Gasteiger partial charge in [-0.05, 0) is 49.7 Å². The van der Waals surface area contributed by atoms with Crippen molar-refractivity contribution in [2.75, 3.05) is 5.32 Å². The molecule has 0 fully saturated rings. The van der Waals surface area contributed by atoms with E-state index in [2.05, 4.69) is 10.3 Å². The van der Waals surface area contributed by atoms with E-state index in [1.807, 2.05) is 19.9 Å². The lowest BCUT2D eigenvalue weighted by molar-refractivity contribution is 0.102. The van der Waals surface area contributed by atoms with Crippen molar-refractivity contribution in [2.45, 2.75) is 26.5 Å². The highest BCUT2D eigenvalue weighted by Crippen LogP contribution is 2.15. The Labute approximate surface area is 124 Å². The minimum atomic E-state index is -0.209. The van der Waals surface area contributed by atoms with Crippen LogP contribution in [0.1, 0.15) is 29.8 Å². The normalized spacial score (nSPS) is 10.5. The number of carbonyl (C=O) groups excluding carboxylic acids is 1. The molecule has 1 heterocycles. The number of pyridine rings is 1. The number of ether oxygens (including phenoxy) is 1. The van der Waals surface area contributed by atoms with E-state index < -0.39 is 0 Å². The molecule has 0 aliphatic heterocycles. The molecule has 1 aromatic carbocycles. The van der Waals surface area contributed by atoms with Gasteiger partial charge in [-0.25, -0.2) is 4.98 Å². The summed E-state index contributed by atoms with van der Waals surface area (Å²) in [5, 5.41) is 2.74. The maximum Gasteiger partial charge on any atom is 0.256 e. The first-order valence-corrected chi connectivity index (χ1v) is 6.81. The number of aromatic nitrogens is 1. The van der Waals surface area contributed by atoms with Gasteiger partial charge in [-0.1, -0.05) is 6.07 Å². The molecule has 3 N–H and O–H groups in total. The predicted octanol–water partition coefficient (Wildman–Crippen LogP) is 2.58. The van der Waals surface area contributed by atoms with E-state index in [1.165, 1.54) is 0 Å². The Morgan fingerprint density at radius 1 is 1.24 bits per heavy atom. The first-order chi connectivity index (χ1) is 10.1. The number of amides is 1. The van der Waals surface area contributed by atoms with E-state index >= 15 is 0 Å². The van der Waals surface area contributed by atoms with Crippen LogP contribution < -0.4 is 15.8 Å². The maximum atomic E-state index is 12.1. The number of carbonyl (C=O) groups is 1. The van der Waals surface area contributed by atoms with Crippen molar-refractivity contribution in [1.29, 1.82) is 0 Å². The summed E-state index contributed by atoms with van der Waals surface area (Å²) in [6, 6.07) is 10.6. The summed E-state index contributed by atoms with van der Waals surface area (Å²) < 4.78 is 5.54. The zero-order valence-corrected chi connectivity index (χ0v) is 12.2. The van der Waals surface area contributed by atoms with Gasteiger partial charge in [0.05, 0.1) is 6.10 Å². The summed E-state index contributed by atoms with van der Waals surface area (Å²) in [5.41, 5.74) is 6.97. The molecule has 0 aliphatic carbocycles. The van der Waals surface area contributed by atoms with Gasteiger partial charge in [-0.3, -0.25) is 4.79 Å². The van der Waals surface area contributed by atoms with Gasteiger partial charge < -0.3 is 15.8 Å². The fourth-order valence-electron chi connectivity index (χ4n) is 1.76. The van der Waals surface area contributed by atoms with Crippen LogP contribution in [0.5, 0.6) is 5.75 Å². The van der Waals surface area contributed by atoms with Gasteiger partial charge in [-0.2, -0.15) is 0 Å². The van der Waals surface area contributed by atoms with Crippen molar-refractivity contribution in [1.82, 2.24) is 4.98 Å². The fourth-order valence-corrected chi connectivity index (χ4v) is 1.76. The van der Waals surface area contributed by atoms with Gasteiger partial charge >= 0.3 is 0 Å². The molecule has 2 rings (SSSR count). The van der Waals surface area contributed by atoms with E-state index in [0.717, 1.165) is 11.3 Å². The SMILES string of the molecule is CC(C)Oc1ccc(C(=O)Nc2ccc(CN)cn2)cc1. The summed E-state index contributed by atoms with van der Waals surface area (Å²) in [7, 11) is 0. The molecule has 1 amide bonds. The Bertz CT molecular complexity index is 592. The molecule has 0 unspecified atom stereocenters. The van der Waals surface area contributed by atoms with Crippen LogP contribution in [-0.4, -0.2) is 17.0 Å². The zero-order valence-electron chi connectivity index (χ0n) is 12.2. The molecule has 0 aliphatic rings. The van der Waals surface area contributed by atoms with Crippen molar-refractivity contribution in [3.8, 4) is 5.75 Å². The second kappa shape index (κ2) is 6.85. The molecule has 0 saturated carbocycles. The quantitative estimate of drug-likeness (QED) is 0.885. The lowest BCUT2D eigenvalue weighted by Gasteiger charge is -2.10. The molecule has 0 bridgehead atoms. The topological polar surface area (TPSA) is 77.2 Å². The number of hydrogen-bond acceptors (Lipinski definition) is 4. The summed E-state index contributed by atoms with van der Waals surface area (Å²) in [6.07, 6.45) is 1.75. The minimum absolute atomic E-state index is 0.106. The third-order valence-corrected chi connectivity index (χ3v) is 2.79. The molecule has 2 aromatic rings. The first-order valence-electron chi connectivity index (χ1n) is 6.81. The average Bonchev–Trinajstić information content (AvgIpc) is 2.48. The standard InChI is InChI=1S/C16H19N3O2/c1-11(2)21-14-6-4-13(5-7-14)16(20)19-15-8-3-12(9-17)10-18-15/h3-8,10-11H,9,17H2,1-2H3,(H,18,19,20). The summed E-state index contributed by atoms with van der Waals surface area (Å²) in [5.74, 6) is 1.03. The Hall–Kier alpha value is -2.40. The predicted molar refractivity (Wildman–Crippen MR) is 82.3 cm³/mol. The lowest BCUT2D eigenvalue weighted by atomic mass is 10.2. The Balaban J connectivity index is 2.02. The van der Waals surface area contributed by atoms with Crippen LogP contribution in [0.4, 0.5) is 5.82 Å². The number of hydrogen-bond donors (Lipinski definition) is 2. The molecular formula is C16H19N3O2. The summed E-state index contributed by atoms with van der Waals surface area (Å²) in [4.78, 5) is 16.2. The van der Waals surface area contributed by atoms with Crippen LogP contribution in [0.15, 0.2) is 42.6 Å². The highest BCUT2D eigenvalue weighted by atomic mass is 16.5. The molecule has 0 atom stereocenters. The van der Waals surface area contributed by atoms with Gasteiger partial charge in [0.15, 0.2) is 0 Å². The van der Waals surface area contributed by atoms with E-state index in [-0.39, 0.29) is 12.0 Å². The van der Waals surface area contributed by atoms with Crippen LogP contribution >= 0.6 is 0 Å². The van der Waals surface area contributed by atoms with E-state index in [0.29, 0.717) is 17.9 Å². The van der Waals surface area contributed by atoms with Gasteiger partial charge in [0, 0.05) is 18.3 Å². The Morgan fingerprint density at radius 2 is 1.95 bits per heavy atom. The van der Waals surface area contributed by atoms with Crippen LogP contribution in [0.3, 0.4) is 0 Å². The van der Waals surface area contributed by atoms with Gasteiger partial charge in [-0.15, -0.1) is 0 Å². The maximum absolute atomic E-state index is 12.1. The van der Waals surface area contributed by atoms with Crippen LogP contribution in [0.25, 0.3) is 0 Å². The molecule has 5 nitrogen and oxygen atoms in total. The highest BCUT2D eigenvalue weighted by Gasteiger charge is 2.07. The third kappa shape index (κ3) is 4.29. The minimum Gasteiger partial charge on any atom is -0.491 e. The van der Waals surface area contributed by atoms with Crippen LogP contribution in [0.2, 0.25) is 0 Å². The molecule has 0 spiro atoms. The van der Waals surface area contributed by atoms with Gasteiger partial charge in [0.1, 0.15) is 11.6 Å². The first kappa shape index (κ1) is 15.0. The number of nitrogens with one attached hydrogen (secondary N) is 1. The molecular weight excluding hydrogens is 266 g/mol. The Morgan fingerprint density at radius 3 is 2.48 bits per heavy atom. The highest BCUT2D eigenvalue weighted by molar-refractivity contribution is 6.03. The van der Waals surface area contributed by atoms with E-state index in [1.54, 1.807) is 36.5 Å². The van der Waals surface area contributed by atoms with E-state index in [4.69, 9.17) is 10.5 Å². The summed E-state index contributed by atoms with van der Waals surface area (Å²) in [6.45, 7) is 4.34. The number of anilines is 1. The second-order valence-electron chi connectivity index (χ2n) is 4.90. The monoisotopic (exact) mass is 285 g/mol.